The molecule has 1 fully saturated rings. The topological polar surface area (TPSA) is 104 Å². The summed E-state index contributed by atoms with van der Waals surface area (Å²) >= 11 is 1.70. The molecule has 42 heavy (non-hydrogen) atoms. The van der Waals surface area contributed by atoms with E-state index in [0.29, 0.717) is 5.69 Å². The van der Waals surface area contributed by atoms with E-state index >= 15 is 0 Å². The molecule has 1 amide bonds. The number of thioether (sulfide) groups is 1. The summed E-state index contributed by atoms with van der Waals surface area (Å²) in [5, 5.41) is 2.87. The van der Waals surface area contributed by atoms with Gasteiger partial charge in [-0.3, -0.25) is 4.79 Å². The number of anilines is 1. The Balaban J connectivity index is 1.40. The Hall–Kier alpha value is -3.48. The highest BCUT2D eigenvalue weighted by molar-refractivity contribution is 7.98. The van der Waals surface area contributed by atoms with Crippen LogP contribution in [0.25, 0.3) is 0 Å². The highest BCUT2D eigenvalue weighted by Crippen LogP contribution is 2.28. The summed E-state index contributed by atoms with van der Waals surface area (Å²) in [6.07, 6.45) is 0. The number of benzene rings is 4. The zero-order chi connectivity index (χ0) is 29.7. The number of nitrogens with zero attached hydrogens (tertiary/aromatic N) is 2. The van der Waals surface area contributed by atoms with Gasteiger partial charge >= 0.3 is 0 Å². The van der Waals surface area contributed by atoms with Gasteiger partial charge in [0.15, 0.2) is 0 Å². The second-order valence-corrected chi connectivity index (χ2v) is 14.7. The largest absolute Gasteiger partial charge is 0.324 e. The molecule has 1 N–H and O–H groups in total. The fraction of sp³-hybridized carbons (Fsp3) is 0.194. The highest BCUT2D eigenvalue weighted by Gasteiger charge is 2.43. The number of carbonyl (C=O) groups is 1. The SMILES string of the molecule is Cc1cc(CSc2ccccc2)ccc1NC(=O)[C@H]1CN(S(=O)(=O)c2ccccc2)CCN1S(=O)(=O)c1ccccc1. The molecule has 5 rings (SSSR count). The minimum atomic E-state index is -4.08. The fourth-order valence-corrected chi connectivity index (χ4v) is 8.70. The standard InChI is InChI=1S/C31H31N3O5S3/c1-24-21-25(23-40-26-11-5-2-6-12-26)17-18-29(24)32-31(35)30-22-33(41(36,37)27-13-7-3-8-14-27)19-20-34(30)42(38,39)28-15-9-4-10-16-28/h2-18,21,30H,19-20,22-23H2,1H3,(H,32,35)/t30-/m1/s1. The lowest BCUT2D eigenvalue weighted by atomic mass is 10.1. The Bertz CT molecular complexity index is 1750. The van der Waals surface area contributed by atoms with Crippen molar-refractivity contribution in [2.24, 2.45) is 0 Å². The van der Waals surface area contributed by atoms with Crippen molar-refractivity contribution in [3.05, 3.63) is 120 Å². The quantitative estimate of drug-likeness (QED) is 0.264. The molecule has 0 bridgehead atoms. The maximum absolute atomic E-state index is 13.8. The zero-order valence-corrected chi connectivity index (χ0v) is 25.4. The average Bonchev–Trinajstić information content (AvgIpc) is 3.02. The molecule has 218 valence electrons. The van der Waals surface area contributed by atoms with E-state index in [0.717, 1.165) is 26.1 Å². The van der Waals surface area contributed by atoms with Crippen LogP contribution in [0.15, 0.2) is 124 Å². The van der Waals surface area contributed by atoms with E-state index < -0.39 is 32.0 Å². The molecule has 1 aliphatic heterocycles. The number of carbonyl (C=O) groups excluding carboxylic acids is 1. The molecule has 4 aromatic carbocycles. The first kappa shape index (κ1) is 30.0. The second-order valence-electron chi connectivity index (χ2n) is 9.86. The predicted octanol–water partition coefficient (Wildman–Crippen LogP) is 4.99. The van der Waals surface area contributed by atoms with Crippen LogP contribution in [0.3, 0.4) is 0 Å². The molecule has 0 spiro atoms. The predicted molar refractivity (Wildman–Crippen MR) is 165 cm³/mol. The van der Waals surface area contributed by atoms with Gasteiger partial charge in [-0.1, -0.05) is 66.7 Å². The summed E-state index contributed by atoms with van der Waals surface area (Å²) in [6.45, 7) is 1.30. The molecular weight excluding hydrogens is 591 g/mol. The lowest BCUT2D eigenvalue weighted by Gasteiger charge is -2.39. The number of hydrogen-bond acceptors (Lipinski definition) is 6. The molecule has 4 aromatic rings. The zero-order valence-electron chi connectivity index (χ0n) is 23.0. The van der Waals surface area contributed by atoms with Crippen molar-refractivity contribution in [3.63, 3.8) is 0 Å². The van der Waals surface area contributed by atoms with Gasteiger partial charge in [-0.25, -0.2) is 16.8 Å². The van der Waals surface area contributed by atoms with Crippen LogP contribution >= 0.6 is 11.8 Å². The third kappa shape index (κ3) is 6.61. The average molecular weight is 622 g/mol. The number of rotatable bonds is 9. The summed E-state index contributed by atoms with van der Waals surface area (Å²) in [6, 6.07) is 30.3. The van der Waals surface area contributed by atoms with Gasteiger partial charge in [0, 0.05) is 36.0 Å². The Labute approximate surface area is 251 Å². The number of sulfonamides is 2. The first-order valence-corrected chi connectivity index (χ1v) is 17.2. The van der Waals surface area contributed by atoms with Crippen molar-refractivity contribution in [1.29, 1.82) is 0 Å². The molecule has 1 heterocycles. The summed E-state index contributed by atoms with van der Waals surface area (Å²) in [5.41, 5.74) is 2.43. The van der Waals surface area contributed by atoms with E-state index in [1.807, 2.05) is 49.4 Å². The second kappa shape index (κ2) is 12.8. The van der Waals surface area contributed by atoms with Crippen molar-refractivity contribution < 1.29 is 21.6 Å². The van der Waals surface area contributed by atoms with Gasteiger partial charge in [-0.15, -0.1) is 11.8 Å². The number of nitrogens with one attached hydrogen (secondary N) is 1. The molecule has 0 unspecified atom stereocenters. The highest BCUT2D eigenvalue weighted by atomic mass is 32.2. The van der Waals surface area contributed by atoms with Crippen molar-refractivity contribution in [3.8, 4) is 0 Å². The van der Waals surface area contributed by atoms with Crippen LogP contribution in [0.5, 0.6) is 0 Å². The fourth-order valence-electron chi connectivity index (χ4n) is 4.79. The van der Waals surface area contributed by atoms with Gasteiger partial charge in [-0.05, 0) is 60.5 Å². The molecule has 0 aromatic heterocycles. The Morgan fingerprint density at radius 2 is 1.36 bits per heavy atom. The molecule has 0 radical (unpaired) electrons. The number of piperazine rings is 1. The van der Waals surface area contributed by atoms with E-state index in [4.69, 9.17) is 0 Å². The van der Waals surface area contributed by atoms with Gasteiger partial charge in [0.05, 0.1) is 9.79 Å². The van der Waals surface area contributed by atoms with Gasteiger partial charge < -0.3 is 5.32 Å². The lowest BCUT2D eigenvalue weighted by molar-refractivity contribution is -0.120. The lowest BCUT2D eigenvalue weighted by Crippen LogP contribution is -2.60. The normalized spacial score (nSPS) is 16.6. The van der Waals surface area contributed by atoms with Gasteiger partial charge in [-0.2, -0.15) is 8.61 Å². The van der Waals surface area contributed by atoms with Crippen LogP contribution in [0.1, 0.15) is 11.1 Å². The van der Waals surface area contributed by atoms with Crippen LogP contribution < -0.4 is 5.32 Å². The third-order valence-electron chi connectivity index (χ3n) is 7.02. The summed E-state index contributed by atoms with van der Waals surface area (Å²) < 4.78 is 56.4. The van der Waals surface area contributed by atoms with Crippen LogP contribution in [-0.2, 0) is 30.6 Å². The van der Waals surface area contributed by atoms with Crippen LogP contribution in [0.4, 0.5) is 5.69 Å². The van der Waals surface area contributed by atoms with E-state index in [2.05, 4.69) is 5.32 Å². The molecule has 1 aliphatic rings. The Morgan fingerprint density at radius 1 is 0.786 bits per heavy atom. The van der Waals surface area contributed by atoms with E-state index in [1.165, 1.54) is 28.6 Å². The van der Waals surface area contributed by atoms with Gasteiger partial charge in [0.25, 0.3) is 0 Å². The smallest absolute Gasteiger partial charge is 0.244 e. The molecule has 1 atom stereocenters. The summed E-state index contributed by atoms with van der Waals surface area (Å²) in [5.74, 6) is 0.147. The summed E-state index contributed by atoms with van der Waals surface area (Å²) in [7, 11) is -8.03. The maximum atomic E-state index is 13.8. The van der Waals surface area contributed by atoms with Crippen LogP contribution in [-0.4, -0.2) is 57.0 Å². The minimum absolute atomic E-state index is 0.0404. The third-order valence-corrected chi connectivity index (χ3v) is 11.9. The van der Waals surface area contributed by atoms with Crippen molar-refractivity contribution in [2.45, 2.75) is 33.4 Å². The Kier molecular flexibility index (Phi) is 9.14. The first-order valence-electron chi connectivity index (χ1n) is 13.4. The summed E-state index contributed by atoms with van der Waals surface area (Å²) in [4.78, 5) is 15.0. The van der Waals surface area contributed by atoms with Crippen LogP contribution in [0.2, 0.25) is 0 Å². The van der Waals surface area contributed by atoms with Gasteiger partial charge in [0.1, 0.15) is 6.04 Å². The number of aryl methyl sites for hydroxylation is 1. The number of hydrogen-bond donors (Lipinski definition) is 1. The van der Waals surface area contributed by atoms with E-state index in [1.54, 1.807) is 54.2 Å². The van der Waals surface area contributed by atoms with Gasteiger partial charge in [0.2, 0.25) is 26.0 Å². The van der Waals surface area contributed by atoms with Crippen molar-refractivity contribution in [2.75, 3.05) is 25.0 Å². The minimum Gasteiger partial charge on any atom is -0.324 e. The molecular formula is C31H31N3O5S3. The van der Waals surface area contributed by atoms with Crippen LogP contribution in [0, 0.1) is 6.92 Å². The molecule has 11 heteroatoms. The van der Waals surface area contributed by atoms with E-state index in [-0.39, 0.29) is 29.4 Å². The Morgan fingerprint density at radius 3 is 1.95 bits per heavy atom. The van der Waals surface area contributed by atoms with Crippen molar-refractivity contribution in [1.82, 2.24) is 8.61 Å². The van der Waals surface area contributed by atoms with E-state index in [9.17, 15) is 21.6 Å². The maximum Gasteiger partial charge on any atom is 0.244 e. The molecule has 1 saturated heterocycles. The molecule has 0 aliphatic carbocycles. The monoisotopic (exact) mass is 621 g/mol. The van der Waals surface area contributed by atoms with Crippen molar-refractivity contribution >= 4 is 43.4 Å². The molecule has 8 nitrogen and oxygen atoms in total. The molecule has 0 saturated carbocycles. The number of amides is 1. The first-order chi connectivity index (χ1) is 20.2.